The van der Waals surface area contributed by atoms with Crippen molar-refractivity contribution in [3.8, 4) is 0 Å². The molecule has 1 fully saturated rings. The van der Waals surface area contributed by atoms with E-state index in [1.165, 1.54) is 32.6 Å². The number of halogens is 1. The summed E-state index contributed by atoms with van der Waals surface area (Å²) in [7, 11) is -2.08. The summed E-state index contributed by atoms with van der Waals surface area (Å²) in [5.41, 5.74) is 4.79. The third-order valence-corrected chi connectivity index (χ3v) is 14.2. The summed E-state index contributed by atoms with van der Waals surface area (Å²) >= 11 is 0. The van der Waals surface area contributed by atoms with E-state index in [1.54, 1.807) is 0 Å². The van der Waals surface area contributed by atoms with Crippen LogP contribution in [0.1, 0.15) is 37.2 Å². The molecule has 5 aromatic carbocycles. The molecule has 0 N–H and O–H groups in total. The fourth-order valence-electron chi connectivity index (χ4n) is 7.33. The third-order valence-electron chi connectivity index (χ3n) is 9.81. The molecule has 5 heteroatoms. The van der Waals surface area contributed by atoms with E-state index in [0.717, 1.165) is 24.6 Å². The summed E-state index contributed by atoms with van der Waals surface area (Å²) in [6.45, 7) is 4.06. The first kappa shape index (κ1) is 33.5. The topological polar surface area (TPSA) is 27.7 Å². The molecular weight excluding hydrogens is 663 g/mol. The first-order chi connectivity index (χ1) is 22.7. The fraction of sp³-hybridized carbons (Fsp3) is 0.238. The summed E-state index contributed by atoms with van der Waals surface area (Å²) in [6, 6.07) is 54.4. The highest BCUT2D eigenvalue weighted by Crippen LogP contribution is 2.59. The second-order valence-corrected chi connectivity index (χ2v) is 16.2. The lowest BCUT2D eigenvalue weighted by atomic mass is 9.69. The Kier molecular flexibility index (Phi) is 10.9. The molecular formula is C42H42BrO3P. The number of allylic oxidation sites excluding steroid dienone is 1. The molecule has 1 aliphatic heterocycles. The summed E-state index contributed by atoms with van der Waals surface area (Å²) in [4.78, 5) is 0. The highest BCUT2D eigenvalue weighted by Gasteiger charge is 2.52. The average molecular weight is 706 g/mol. The van der Waals surface area contributed by atoms with E-state index in [2.05, 4.69) is 153 Å². The lowest BCUT2D eigenvalue weighted by molar-refractivity contribution is -0.264. The van der Waals surface area contributed by atoms with E-state index in [0.29, 0.717) is 19.8 Å². The Labute approximate surface area is 290 Å². The van der Waals surface area contributed by atoms with Gasteiger partial charge in [0, 0.05) is 11.0 Å². The van der Waals surface area contributed by atoms with Crippen molar-refractivity contribution in [3.63, 3.8) is 0 Å². The Hall–Kier alpha value is -3.37. The molecule has 0 unspecified atom stereocenters. The quantitative estimate of drug-likeness (QED) is 0.144. The highest BCUT2D eigenvalue weighted by molar-refractivity contribution is 7.95. The van der Waals surface area contributed by atoms with Crippen molar-refractivity contribution >= 4 is 23.2 Å². The second-order valence-electron chi connectivity index (χ2n) is 12.7. The van der Waals surface area contributed by atoms with Crippen LogP contribution in [0.25, 0.3) is 0 Å². The van der Waals surface area contributed by atoms with Crippen LogP contribution in [0.5, 0.6) is 0 Å². The van der Waals surface area contributed by atoms with Gasteiger partial charge in [-0.2, -0.15) is 0 Å². The number of hydrogen-bond donors (Lipinski definition) is 0. The van der Waals surface area contributed by atoms with Crippen molar-refractivity contribution in [1.82, 2.24) is 0 Å². The number of benzene rings is 5. The van der Waals surface area contributed by atoms with E-state index < -0.39 is 7.26 Å². The van der Waals surface area contributed by atoms with Gasteiger partial charge in [0.05, 0.1) is 32.1 Å². The van der Waals surface area contributed by atoms with Crippen molar-refractivity contribution in [3.05, 3.63) is 174 Å². The zero-order chi connectivity index (χ0) is 31.2. The van der Waals surface area contributed by atoms with Crippen LogP contribution < -0.4 is 32.9 Å². The zero-order valence-electron chi connectivity index (χ0n) is 26.9. The van der Waals surface area contributed by atoms with Crippen molar-refractivity contribution in [2.24, 2.45) is 5.41 Å². The minimum Gasteiger partial charge on any atom is -1.00 e. The van der Waals surface area contributed by atoms with Crippen LogP contribution in [0.15, 0.2) is 163 Å². The van der Waals surface area contributed by atoms with Gasteiger partial charge in [-0.25, -0.2) is 0 Å². The Bertz CT molecular complexity index is 1640. The summed E-state index contributed by atoms with van der Waals surface area (Å²) < 4.78 is 20.0. The van der Waals surface area contributed by atoms with Crippen LogP contribution in [0.4, 0.5) is 0 Å². The molecule has 1 aliphatic carbocycles. The lowest BCUT2D eigenvalue weighted by Gasteiger charge is -2.49. The van der Waals surface area contributed by atoms with E-state index in [4.69, 9.17) is 14.2 Å². The predicted molar refractivity (Wildman–Crippen MR) is 190 cm³/mol. The van der Waals surface area contributed by atoms with Gasteiger partial charge in [-0.05, 0) is 65.9 Å². The second kappa shape index (κ2) is 15.2. The van der Waals surface area contributed by atoms with Gasteiger partial charge < -0.3 is 31.2 Å². The summed E-state index contributed by atoms with van der Waals surface area (Å²) in [5.74, 6) is 0. The highest BCUT2D eigenvalue weighted by atomic mass is 79.9. The van der Waals surface area contributed by atoms with Gasteiger partial charge in [0.2, 0.25) is 0 Å². The normalized spacial score (nSPS) is 21.0. The molecule has 7 rings (SSSR count). The standard InChI is InChI=1S/C42H42O3P.BrH/c1-42-32-44-41(34-19-9-3-10-20-34)45-40(42)28-27-35(39(42)30-43-29-33-17-7-2-8-18-33)31-46(36-21-11-4-12-22-36,37-23-13-5-14-24-37)38-25-15-6-16-26-38;/h2-26,40-41H,27-32H2,1H3;1H/q+1;/p-1/t40-,41+,42-;/m0./s1. The van der Waals surface area contributed by atoms with Gasteiger partial charge in [-0.15, -0.1) is 0 Å². The van der Waals surface area contributed by atoms with Gasteiger partial charge in [0.1, 0.15) is 23.2 Å². The Balaban J connectivity index is 0.00000386. The number of rotatable bonds is 10. The minimum absolute atomic E-state index is 0. The molecule has 1 heterocycles. The van der Waals surface area contributed by atoms with Crippen molar-refractivity contribution in [2.75, 3.05) is 19.4 Å². The van der Waals surface area contributed by atoms with Crippen LogP contribution in [0.3, 0.4) is 0 Å². The number of fused-ring (bicyclic) bond motifs is 1. The molecule has 47 heavy (non-hydrogen) atoms. The smallest absolute Gasteiger partial charge is 0.184 e. The lowest BCUT2D eigenvalue weighted by Crippen LogP contribution is -3.00. The van der Waals surface area contributed by atoms with E-state index in [1.807, 2.05) is 6.07 Å². The molecule has 0 spiro atoms. The zero-order valence-corrected chi connectivity index (χ0v) is 29.4. The molecule has 240 valence electrons. The molecule has 0 bridgehead atoms. The van der Waals surface area contributed by atoms with E-state index >= 15 is 0 Å². The number of hydrogen-bond acceptors (Lipinski definition) is 3. The largest absolute Gasteiger partial charge is 1.00 e. The van der Waals surface area contributed by atoms with Gasteiger partial charge in [-0.3, -0.25) is 0 Å². The molecule has 0 saturated carbocycles. The first-order valence-corrected chi connectivity index (χ1v) is 18.3. The summed E-state index contributed by atoms with van der Waals surface area (Å²) in [6.07, 6.45) is 2.58. The molecule has 3 atom stereocenters. The van der Waals surface area contributed by atoms with Crippen LogP contribution in [0.2, 0.25) is 0 Å². The molecule has 0 radical (unpaired) electrons. The van der Waals surface area contributed by atoms with Crippen molar-refractivity contribution in [1.29, 1.82) is 0 Å². The van der Waals surface area contributed by atoms with E-state index in [9.17, 15) is 0 Å². The van der Waals surface area contributed by atoms with E-state index in [-0.39, 0.29) is 34.8 Å². The molecule has 1 saturated heterocycles. The average Bonchev–Trinajstić information content (AvgIpc) is 3.13. The molecule has 2 aliphatic rings. The maximum absolute atomic E-state index is 6.80. The molecule has 0 aromatic heterocycles. The van der Waals surface area contributed by atoms with Crippen LogP contribution in [-0.2, 0) is 20.8 Å². The van der Waals surface area contributed by atoms with Crippen molar-refractivity contribution in [2.45, 2.75) is 38.8 Å². The minimum atomic E-state index is -2.08. The Morgan fingerprint density at radius 1 is 0.660 bits per heavy atom. The first-order valence-electron chi connectivity index (χ1n) is 16.4. The predicted octanol–water partition coefficient (Wildman–Crippen LogP) is 5.41. The van der Waals surface area contributed by atoms with Gasteiger partial charge in [-0.1, -0.05) is 122 Å². The van der Waals surface area contributed by atoms with Gasteiger partial charge in [0.25, 0.3) is 0 Å². The Morgan fingerprint density at radius 2 is 1.15 bits per heavy atom. The number of ether oxygens (including phenoxy) is 3. The third kappa shape index (κ3) is 6.95. The van der Waals surface area contributed by atoms with Crippen LogP contribution in [0, 0.1) is 5.41 Å². The fourth-order valence-corrected chi connectivity index (χ4v) is 11.7. The Morgan fingerprint density at radius 3 is 1.68 bits per heavy atom. The van der Waals surface area contributed by atoms with Crippen LogP contribution in [-0.4, -0.2) is 25.5 Å². The monoisotopic (exact) mass is 704 g/mol. The maximum Gasteiger partial charge on any atom is 0.184 e. The van der Waals surface area contributed by atoms with Crippen LogP contribution >= 0.6 is 7.26 Å². The summed E-state index contributed by atoms with van der Waals surface area (Å²) in [5, 5.41) is 4.20. The van der Waals surface area contributed by atoms with Gasteiger partial charge in [0.15, 0.2) is 6.29 Å². The van der Waals surface area contributed by atoms with Gasteiger partial charge >= 0.3 is 0 Å². The molecule has 0 amide bonds. The SMILES string of the molecule is C[C@@]12CO[C@@H](c3ccccc3)O[C@H]1CCC(C[P+](c1ccccc1)(c1ccccc1)c1ccccc1)=C2COCc1ccccc1.[Br-]. The maximum atomic E-state index is 6.80. The molecule has 5 aromatic rings. The van der Waals surface area contributed by atoms with Crippen molar-refractivity contribution < 1.29 is 31.2 Å². The molecule has 3 nitrogen and oxygen atoms in total.